The molecule has 2 amide bonds. The van der Waals surface area contributed by atoms with Crippen LogP contribution in [0, 0.1) is 0 Å². The Morgan fingerprint density at radius 3 is 2.25 bits per heavy atom. The molecule has 0 aliphatic carbocycles. The van der Waals surface area contributed by atoms with Gasteiger partial charge in [-0.05, 0) is 23.3 Å². The molecule has 24 heavy (non-hydrogen) atoms. The number of hydrogen-bond donors (Lipinski definition) is 1. The second-order valence-corrected chi connectivity index (χ2v) is 5.56. The summed E-state index contributed by atoms with van der Waals surface area (Å²) in [4.78, 5) is 25.5. The van der Waals surface area contributed by atoms with E-state index in [0.29, 0.717) is 25.3 Å². The zero-order valence-corrected chi connectivity index (χ0v) is 13.8. The molecular formula is C19H22N2O3. The molecule has 0 fully saturated rings. The van der Waals surface area contributed by atoms with Crippen molar-refractivity contribution in [2.45, 2.75) is 19.6 Å². The van der Waals surface area contributed by atoms with E-state index in [-0.39, 0.29) is 12.3 Å². The second kappa shape index (κ2) is 8.84. The average molecular weight is 326 g/mol. The van der Waals surface area contributed by atoms with Crippen molar-refractivity contribution < 1.29 is 14.3 Å². The summed E-state index contributed by atoms with van der Waals surface area (Å²) in [5.74, 6) is -0.541. The molecule has 0 radical (unpaired) electrons. The van der Waals surface area contributed by atoms with Crippen LogP contribution in [-0.4, -0.2) is 30.4 Å². The van der Waals surface area contributed by atoms with Crippen LogP contribution in [0.5, 0.6) is 0 Å². The predicted molar refractivity (Wildman–Crippen MR) is 92.1 cm³/mol. The summed E-state index contributed by atoms with van der Waals surface area (Å²) < 4.78 is 5.07. The number of rotatable bonds is 8. The molecule has 0 atom stereocenters. The highest BCUT2D eigenvalue weighted by Crippen LogP contribution is 2.12. The van der Waals surface area contributed by atoms with Crippen LogP contribution >= 0.6 is 0 Å². The van der Waals surface area contributed by atoms with Crippen LogP contribution in [-0.2, 0) is 22.7 Å². The SMILES string of the molecule is COCc1ccc(C(=O)N(CCC(N)=O)Cc2ccccc2)cc1. The molecule has 126 valence electrons. The number of nitrogens with zero attached hydrogens (tertiary/aromatic N) is 1. The lowest BCUT2D eigenvalue weighted by molar-refractivity contribution is -0.118. The quantitative estimate of drug-likeness (QED) is 0.809. The van der Waals surface area contributed by atoms with E-state index >= 15 is 0 Å². The molecule has 2 N–H and O–H groups in total. The van der Waals surface area contributed by atoms with Gasteiger partial charge < -0.3 is 15.4 Å². The highest BCUT2D eigenvalue weighted by Gasteiger charge is 2.17. The van der Waals surface area contributed by atoms with Gasteiger partial charge in [-0.25, -0.2) is 0 Å². The standard InChI is InChI=1S/C19H22N2O3/c1-24-14-16-7-9-17(10-8-16)19(23)21(12-11-18(20)22)13-15-5-3-2-4-6-15/h2-10H,11-14H2,1H3,(H2,20,22). The first-order valence-electron chi connectivity index (χ1n) is 7.79. The minimum Gasteiger partial charge on any atom is -0.380 e. The van der Waals surface area contributed by atoms with Crippen LogP contribution in [0.2, 0.25) is 0 Å². The van der Waals surface area contributed by atoms with E-state index in [1.165, 1.54) is 0 Å². The van der Waals surface area contributed by atoms with Gasteiger partial charge in [0.05, 0.1) is 6.61 Å². The van der Waals surface area contributed by atoms with Crippen molar-refractivity contribution in [3.05, 3.63) is 71.3 Å². The Kier molecular flexibility index (Phi) is 6.51. The van der Waals surface area contributed by atoms with Crippen LogP contribution in [0.3, 0.4) is 0 Å². The highest BCUT2D eigenvalue weighted by atomic mass is 16.5. The van der Waals surface area contributed by atoms with Gasteiger partial charge in [0, 0.05) is 32.2 Å². The van der Waals surface area contributed by atoms with Gasteiger partial charge in [-0.15, -0.1) is 0 Å². The zero-order chi connectivity index (χ0) is 17.4. The molecule has 2 aromatic carbocycles. The lowest BCUT2D eigenvalue weighted by Crippen LogP contribution is -2.33. The largest absolute Gasteiger partial charge is 0.380 e. The Hall–Kier alpha value is -2.66. The summed E-state index contributed by atoms with van der Waals surface area (Å²) in [6.45, 7) is 1.24. The van der Waals surface area contributed by atoms with Crippen LogP contribution in [0.1, 0.15) is 27.9 Å². The maximum atomic E-state index is 12.8. The van der Waals surface area contributed by atoms with Crippen molar-refractivity contribution in [2.24, 2.45) is 5.73 Å². The van der Waals surface area contributed by atoms with E-state index in [2.05, 4.69) is 0 Å². The van der Waals surface area contributed by atoms with E-state index in [9.17, 15) is 9.59 Å². The van der Waals surface area contributed by atoms with Crippen LogP contribution < -0.4 is 5.73 Å². The van der Waals surface area contributed by atoms with Crippen molar-refractivity contribution in [1.82, 2.24) is 4.90 Å². The van der Waals surface area contributed by atoms with E-state index in [4.69, 9.17) is 10.5 Å². The average Bonchev–Trinajstić information content (AvgIpc) is 2.60. The van der Waals surface area contributed by atoms with Crippen molar-refractivity contribution in [1.29, 1.82) is 0 Å². The van der Waals surface area contributed by atoms with E-state index in [0.717, 1.165) is 11.1 Å². The molecule has 0 bridgehead atoms. The summed E-state index contributed by atoms with van der Waals surface area (Å²) in [5.41, 5.74) is 7.82. The molecule has 0 heterocycles. The monoisotopic (exact) mass is 326 g/mol. The Bertz CT molecular complexity index is 669. The molecular weight excluding hydrogens is 304 g/mol. The maximum Gasteiger partial charge on any atom is 0.254 e. The summed E-state index contributed by atoms with van der Waals surface area (Å²) in [7, 11) is 1.63. The van der Waals surface area contributed by atoms with Crippen LogP contribution in [0.15, 0.2) is 54.6 Å². The number of nitrogens with two attached hydrogens (primary N) is 1. The third-order valence-corrected chi connectivity index (χ3v) is 3.64. The molecule has 5 heteroatoms. The van der Waals surface area contributed by atoms with Gasteiger partial charge in [-0.1, -0.05) is 42.5 Å². The Balaban J connectivity index is 2.14. The van der Waals surface area contributed by atoms with Gasteiger partial charge >= 0.3 is 0 Å². The van der Waals surface area contributed by atoms with Gasteiger partial charge in [0.25, 0.3) is 5.91 Å². The summed E-state index contributed by atoms with van der Waals surface area (Å²) >= 11 is 0. The molecule has 2 rings (SSSR count). The van der Waals surface area contributed by atoms with Gasteiger partial charge in [0.1, 0.15) is 0 Å². The fraction of sp³-hybridized carbons (Fsp3) is 0.263. The molecule has 2 aromatic rings. The van der Waals surface area contributed by atoms with E-state index < -0.39 is 5.91 Å². The van der Waals surface area contributed by atoms with Crippen LogP contribution in [0.25, 0.3) is 0 Å². The molecule has 0 saturated carbocycles. The van der Waals surface area contributed by atoms with E-state index in [1.807, 2.05) is 42.5 Å². The Labute approximate surface area is 142 Å². The fourth-order valence-electron chi connectivity index (χ4n) is 2.39. The highest BCUT2D eigenvalue weighted by molar-refractivity contribution is 5.94. The van der Waals surface area contributed by atoms with Gasteiger partial charge in [-0.3, -0.25) is 9.59 Å². The lowest BCUT2D eigenvalue weighted by atomic mass is 10.1. The summed E-state index contributed by atoms with van der Waals surface area (Å²) in [6.07, 6.45) is 0.139. The Morgan fingerprint density at radius 1 is 1.00 bits per heavy atom. The molecule has 0 spiro atoms. The van der Waals surface area contributed by atoms with Gasteiger partial charge in [0.15, 0.2) is 0 Å². The molecule has 0 unspecified atom stereocenters. The summed E-state index contributed by atoms with van der Waals surface area (Å²) in [5, 5.41) is 0. The van der Waals surface area contributed by atoms with Crippen molar-refractivity contribution in [3.63, 3.8) is 0 Å². The number of ether oxygens (including phenoxy) is 1. The molecule has 0 aliphatic heterocycles. The maximum absolute atomic E-state index is 12.8. The summed E-state index contributed by atoms with van der Waals surface area (Å²) in [6, 6.07) is 17.0. The number of primary amides is 1. The fourth-order valence-corrected chi connectivity index (χ4v) is 2.39. The normalized spacial score (nSPS) is 10.4. The van der Waals surface area contributed by atoms with Crippen molar-refractivity contribution in [3.8, 4) is 0 Å². The van der Waals surface area contributed by atoms with Crippen LogP contribution in [0.4, 0.5) is 0 Å². The third-order valence-electron chi connectivity index (χ3n) is 3.64. The number of carbonyl (C=O) groups excluding carboxylic acids is 2. The Morgan fingerprint density at radius 2 is 1.67 bits per heavy atom. The predicted octanol–water partition coefficient (Wildman–Crippen LogP) is 2.35. The molecule has 5 nitrogen and oxygen atoms in total. The topological polar surface area (TPSA) is 72.6 Å². The molecule has 0 saturated heterocycles. The first-order valence-corrected chi connectivity index (χ1v) is 7.79. The first-order chi connectivity index (χ1) is 11.6. The molecule has 0 aliphatic rings. The number of hydrogen-bond acceptors (Lipinski definition) is 3. The number of methoxy groups -OCH3 is 1. The van der Waals surface area contributed by atoms with Crippen molar-refractivity contribution in [2.75, 3.05) is 13.7 Å². The first kappa shape index (κ1) is 17.7. The van der Waals surface area contributed by atoms with Gasteiger partial charge in [0.2, 0.25) is 5.91 Å². The minimum absolute atomic E-state index is 0.121. The number of carbonyl (C=O) groups is 2. The van der Waals surface area contributed by atoms with E-state index in [1.54, 1.807) is 24.1 Å². The van der Waals surface area contributed by atoms with Gasteiger partial charge in [-0.2, -0.15) is 0 Å². The molecule has 0 aromatic heterocycles. The minimum atomic E-state index is -0.420. The lowest BCUT2D eigenvalue weighted by Gasteiger charge is -2.22. The third kappa shape index (κ3) is 5.21. The number of amides is 2. The van der Waals surface area contributed by atoms with Crippen molar-refractivity contribution >= 4 is 11.8 Å². The second-order valence-electron chi connectivity index (χ2n) is 5.56. The smallest absolute Gasteiger partial charge is 0.254 e. The number of benzene rings is 2. The zero-order valence-electron chi connectivity index (χ0n) is 13.8.